The average Bonchev–Trinajstić information content (AvgIpc) is 2.82. The molecule has 1 unspecified atom stereocenters. The molecular weight excluding hydrogens is 458 g/mol. The van der Waals surface area contributed by atoms with Crippen molar-refractivity contribution in [2.75, 3.05) is 29.9 Å². The van der Waals surface area contributed by atoms with E-state index >= 15 is 0 Å². The second kappa shape index (κ2) is 13.1. The van der Waals surface area contributed by atoms with Gasteiger partial charge in [-0.05, 0) is 72.6 Å². The minimum atomic E-state index is -0.0766. The normalized spacial score (nSPS) is 15.5. The zero-order valence-electron chi connectivity index (χ0n) is 23.8. The van der Waals surface area contributed by atoms with E-state index in [-0.39, 0.29) is 17.2 Å². The summed E-state index contributed by atoms with van der Waals surface area (Å²) in [5, 5.41) is 6.13. The fourth-order valence-corrected chi connectivity index (χ4v) is 5.43. The first kappa shape index (κ1) is 28.7. The third kappa shape index (κ3) is 9.53. The van der Waals surface area contributed by atoms with Gasteiger partial charge in [0.2, 0.25) is 5.91 Å². The second-order valence-corrected chi connectivity index (χ2v) is 12.6. The molecule has 1 heterocycles. The Morgan fingerprint density at radius 3 is 2.30 bits per heavy atom. The van der Waals surface area contributed by atoms with Crippen LogP contribution in [0, 0.1) is 23.2 Å². The number of hydrogen-bond acceptors (Lipinski definition) is 3. The van der Waals surface area contributed by atoms with Gasteiger partial charge in [-0.2, -0.15) is 0 Å². The number of anilines is 2. The zero-order valence-corrected chi connectivity index (χ0v) is 23.8. The number of rotatable bonds is 10. The molecule has 5 nitrogen and oxygen atoms in total. The molecule has 2 amide bonds. The van der Waals surface area contributed by atoms with Gasteiger partial charge >= 0.3 is 0 Å². The van der Waals surface area contributed by atoms with Crippen molar-refractivity contribution >= 4 is 23.2 Å². The topological polar surface area (TPSA) is 61.4 Å². The molecule has 5 heteroatoms. The Kier molecular flexibility index (Phi) is 10.2. The first-order valence-electron chi connectivity index (χ1n) is 14.0. The van der Waals surface area contributed by atoms with E-state index in [4.69, 9.17) is 0 Å². The standard InChI is InChI=1S/C32H47N3O2/c1-23(2)22-33-31(37)28-20-27(34-30(36)18-24(3)21-32(4,5)6)12-13-29(28)35-16-14-26(15-17-35)19-25-10-8-7-9-11-25/h7-13,20,23-24,26H,14-19,21-22H2,1-6H3,(H,33,37)(H,34,36). The number of benzene rings is 2. The Morgan fingerprint density at radius 1 is 1.00 bits per heavy atom. The highest BCUT2D eigenvalue weighted by Gasteiger charge is 2.24. The van der Waals surface area contributed by atoms with Crippen LogP contribution in [-0.2, 0) is 11.2 Å². The quantitative estimate of drug-likeness (QED) is 0.368. The fraction of sp³-hybridized carbons (Fsp3) is 0.562. The lowest BCUT2D eigenvalue weighted by molar-refractivity contribution is -0.117. The number of hydrogen-bond donors (Lipinski definition) is 2. The molecule has 2 aromatic carbocycles. The molecule has 0 spiro atoms. The average molecular weight is 506 g/mol. The summed E-state index contributed by atoms with van der Waals surface area (Å²) in [6.07, 6.45) is 4.78. The third-order valence-corrected chi connectivity index (χ3v) is 7.01. The van der Waals surface area contributed by atoms with E-state index < -0.39 is 0 Å². The van der Waals surface area contributed by atoms with E-state index in [1.807, 2.05) is 18.2 Å². The molecule has 3 rings (SSSR count). The van der Waals surface area contributed by atoms with Crippen molar-refractivity contribution < 1.29 is 9.59 Å². The molecule has 1 saturated heterocycles. The van der Waals surface area contributed by atoms with Crippen LogP contribution >= 0.6 is 0 Å². The number of amides is 2. The predicted molar refractivity (Wildman–Crippen MR) is 155 cm³/mol. The van der Waals surface area contributed by atoms with Crippen molar-refractivity contribution in [3.05, 3.63) is 59.7 Å². The summed E-state index contributed by atoms with van der Waals surface area (Å²) >= 11 is 0. The van der Waals surface area contributed by atoms with Gasteiger partial charge in [0.15, 0.2) is 0 Å². The van der Waals surface area contributed by atoms with Gasteiger partial charge in [0.25, 0.3) is 5.91 Å². The molecule has 37 heavy (non-hydrogen) atoms. The predicted octanol–water partition coefficient (Wildman–Crippen LogP) is 6.93. The first-order valence-corrected chi connectivity index (χ1v) is 14.0. The number of carbonyl (C=O) groups is 2. The van der Waals surface area contributed by atoms with Gasteiger partial charge in [-0.15, -0.1) is 0 Å². The maximum atomic E-state index is 13.2. The molecule has 1 aliphatic heterocycles. The van der Waals surface area contributed by atoms with E-state index in [0.29, 0.717) is 42.0 Å². The largest absolute Gasteiger partial charge is 0.371 e. The van der Waals surface area contributed by atoms with Crippen molar-refractivity contribution in [2.45, 2.75) is 73.6 Å². The smallest absolute Gasteiger partial charge is 0.253 e. The van der Waals surface area contributed by atoms with Gasteiger partial charge in [-0.3, -0.25) is 9.59 Å². The van der Waals surface area contributed by atoms with Crippen LogP contribution in [0.25, 0.3) is 0 Å². The Morgan fingerprint density at radius 2 is 1.68 bits per heavy atom. The van der Waals surface area contributed by atoms with Crippen molar-refractivity contribution in [3.63, 3.8) is 0 Å². The van der Waals surface area contributed by atoms with Gasteiger partial charge in [-0.1, -0.05) is 71.9 Å². The van der Waals surface area contributed by atoms with E-state index in [9.17, 15) is 9.59 Å². The molecule has 1 fully saturated rings. The number of nitrogens with zero attached hydrogens (tertiary/aromatic N) is 1. The van der Waals surface area contributed by atoms with Gasteiger partial charge < -0.3 is 15.5 Å². The molecule has 0 aliphatic carbocycles. The summed E-state index contributed by atoms with van der Waals surface area (Å²) in [7, 11) is 0. The molecule has 0 saturated carbocycles. The minimum absolute atomic E-state index is 0.000218. The van der Waals surface area contributed by atoms with E-state index in [1.165, 1.54) is 5.56 Å². The Bertz CT molecular complexity index is 1020. The minimum Gasteiger partial charge on any atom is -0.371 e. The van der Waals surface area contributed by atoms with Gasteiger partial charge in [0.05, 0.1) is 5.56 Å². The highest BCUT2D eigenvalue weighted by atomic mass is 16.2. The summed E-state index contributed by atoms with van der Waals surface area (Å²) < 4.78 is 0. The van der Waals surface area contributed by atoms with Crippen LogP contribution in [0.4, 0.5) is 11.4 Å². The molecule has 0 radical (unpaired) electrons. The van der Waals surface area contributed by atoms with Crippen LogP contribution in [0.1, 0.15) is 83.1 Å². The van der Waals surface area contributed by atoms with Crippen molar-refractivity contribution in [3.8, 4) is 0 Å². The SMILES string of the molecule is CC(C)CNC(=O)c1cc(NC(=O)CC(C)CC(C)(C)C)ccc1N1CCC(Cc2ccccc2)CC1. The fourth-order valence-electron chi connectivity index (χ4n) is 5.43. The van der Waals surface area contributed by atoms with Crippen LogP contribution in [0.5, 0.6) is 0 Å². The molecule has 1 atom stereocenters. The van der Waals surface area contributed by atoms with Gasteiger partial charge in [-0.25, -0.2) is 0 Å². The zero-order chi connectivity index (χ0) is 27.0. The molecular formula is C32H47N3O2. The monoisotopic (exact) mass is 505 g/mol. The summed E-state index contributed by atoms with van der Waals surface area (Å²) in [6, 6.07) is 16.5. The second-order valence-electron chi connectivity index (χ2n) is 12.6. The Labute approximate surface area is 224 Å². The van der Waals surface area contributed by atoms with Crippen LogP contribution in [0.2, 0.25) is 0 Å². The third-order valence-electron chi connectivity index (χ3n) is 7.01. The Hall–Kier alpha value is -2.82. The maximum absolute atomic E-state index is 13.2. The van der Waals surface area contributed by atoms with Gasteiger partial charge in [0.1, 0.15) is 0 Å². The molecule has 202 valence electrons. The lowest BCUT2D eigenvalue weighted by Crippen LogP contribution is -2.36. The number of piperidine rings is 1. The van der Waals surface area contributed by atoms with Crippen LogP contribution in [-0.4, -0.2) is 31.4 Å². The van der Waals surface area contributed by atoms with E-state index in [0.717, 1.165) is 44.5 Å². The molecule has 1 aliphatic rings. The lowest BCUT2D eigenvalue weighted by atomic mass is 9.84. The van der Waals surface area contributed by atoms with Crippen LogP contribution in [0.15, 0.2) is 48.5 Å². The van der Waals surface area contributed by atoms with Gasteiger partial charge in [0, 0.05) is 37.4 Å². The molecule has 2 N–H and O–H groups in total. The highest BCUT2D eigenvalue weighted by molar-refractivity contribution is 6.02. The maximum Gasteiger partial charge on any atom is 0.253 e. The van der Waals surface area contributed by atoms with Crippen molar-refractivity contribution in [2.24, 2.45) is 23.2 Å². The molecule has 2 aromatic rings. The van der Waals surface area contributed by atoms with Crippen molar-refractivity contribution in [1.29, 1.82) is 0 Å². The summed E-state index contributed by atoms with van der Waals surface area (Å²) in [6.45, 7) is 15.4. The summed E-state index contributed by atoms with van der Waals surface area (Å²) in [4.78, 5) is 28.3. The lowest BCUT2D eigenvalue weighted by Gasteiger charge is -2.35. The first-order chi connectivity index (χ1) is 17.5. The Balaban J connectivity index is 1.70. The summed E-state index contributed by atoms with van der Waals surface area (Å²) in [5.41, 5.74) is 3.87. The van der Waals surface area contributed by atoms with Crippen LogP contribution < -0.4 is 15.5 Å². The number of carbonyl (C=O) groups excluding carboxylic acids is 2. The highest BCUT2D eigenvalue weighted by Crippen LogP contribution is 2.31. The molecule has 0 aromatic heterocycles. The van der Waals surface area contributed by atoms with Crippen LogP contribution in [0.3, 0.4) is 0 Å². The van der Waals surface area contributed by atoms with E-state index in [2.05, 4.69) is 87.4 Å². The van der Waals surface area contributed by atoms with E-state index in [1.54, 1.807) is 0 Å². The molecule has 0 bridgehead atoms. The summed E-state index contributed by atoms with van der Waals surface area (Å²) in [5.74, 6) is 1.25. The number of nitrogens with one attached hydrogen (secondary N) is 2. The van der Waals surface area contributed by atoms with Crippen molar-refractivity contribution in [1.82, 2.24) is 5.32 Å².